The maximum absolute atomic E-state index is 11.2. The van der Waals surface area contributed by atoms with Crippen molar-refractivity contribution in [2.75, 3.05) is 11.7 Å². The van der Waals surface area contributed by atoms with Crippen LogP contribution in [0.2, 0.25) is 0 Å². The molecule has 0 bridgehead atoms. The molecule has 0 radical (unpaired) electrons. The molecule has 0 amide bonds. The molecular formula is C14H13N5O2S2. The number of hydrogen-bond acceptors (Lipinski definition) is 6. The summed E-state index contributed by atoms with van der Waals surface area (Å²) in [6.07, 6.45) is 0. The molecule has 0 fully saturated rings. The molecule has 3 rings (SSSR count). The summed E-state index contributed by atoms with van der Waals surface area (Å²) in [5.41, 5.74) is 2.36. The van der Waals surface area contributed by atoms with Crippen LogP contribution in [0, 0.1) is 10.1 Å². The number of hydrogen-bond donors (Lipinski definition) is 4. The SMILES string of the molecule is Nn1c(S)ccc1-c1cc(-c2ccc(S)n2N)cc([N+](=O)[O-])c1. The average molecular weight is 347 g/mol. The van der Waals surface area contributed by atoms with Crippen molar-refractivity contribution in [1.82, 2.24) is 9.35 Å². The summed E-state index contributed by atoms with van der Waals surface area (Å²) in [5, 5.41) is 12.3. The Morgan fingerprint density at radius 2 is 1.30 bits per heavy atom. The van der Waals surface area contributed by atoms with E-state index >= 15 is 0 Å². The lowest BCUT2D eigenvalue weighted by atomic mass is 10.0. The van der Waals surface area contributed by atoms with Crippen molar-refractivity contribution in [2.24, 2.45) is 0 Å². The number of non-ortho nitro benzene ring substituents is 1. The van der Waals surface area contributed by atoms with Gasteiger partial charge in [0.05, 0.1) is 26.4 Å². The maximum atomic E-state index is 11.2. The van der Waals surface area contributed by atoms with Crippen LogP contribution in [-0.4, -0.2) is 14.3 Å². The van der Waals surface area contributed by atoms with Gasteiger partial charge in [-0.05, 0) is 30.3 Å². The molecule has 3 aromatic rings. The summed E-state index contributed by atoms with van der Waals surface area (Å²) in [7, 11) is 0. The number of nitrogens with two attached hydrogens (primary N) is 2. The van der Waals surface area contributed by atoms with E-state index < -0.39 is 4.92 Å². The van der Waals surface area contributed by atoms with Gasteiger partial charge in [0.1, 0.15) is 0 Å². The molecule has 23 heavy (non-hydrogen) atoms. The molecule has 7 nitrogen and oxygen atoms in total. The molecule has 2 heterocycles. The van der Waals surface area contributed by atoms with Gasteiger partial charge in [-0.1, -0.05) is 0 Å². The van der Waals surface area contributed by atoms with Crippen molar-refractivity contribution in [3.05, 3.63) is 52.6 Å². The lowest BCUT2D eigenvalue weighted by Gasteiger charge is -2.09. The second kappa shape index (κ2) is 5.60. The molecule has 0 unspecified atom stereocenters. The van der Waals surface area contributed by atoms with Crippen molar-refractivity contribution in [3.8, 4) is 22.5 Å². The van der Waals surface area contributed by atoms with Crippen molar-refractivity contribution >= 4 is 30.9 Å². The van der Waals surface area contributed by atoms with Gasteiger partial charge in [0.25, 0.3) is 5.69 Å². The quantitative estimate of drug-likeness (QED) is 0.253. The Morgan fingerprint density at radius 3 is 1.61 bits per heavy atom. The van der Waals surface area contributed by atoms with E-state index in [4.69, 9.17) is 11.7 Å². The predicted molar refractivity (Wildman–Crippen MR) is 94.8 cm³/mol. The van der Waals surface area contributed by atoms with Gasteiger partial charge >= 0.3 is 0 Å². The molecule has 0 atom stereocenters. The number of nitrogen functional groups attached to an aromatic ring is 2. The number of thiol groups is 2. The van der Waals surface area contributed by atoms with E-state index in [2.05, 4.69) is 25.3 Å². The second-order valence-electron chi connectivity index (χ2n) is 4.92. The molecular weight excluding hydrogens is 334 g/mol. The number of nitro groups is 1. The molecule has 2 aromatic heterocycles. The lowest BCUT2D eigenvalue weighted by molar-refractivity contribution is -0.384. The summed E-state index contributed by atoms with van der Waals surface area (Å²) in [6.45, 7) is 0. The van der Waals surface area contributed by atoms with Gasteiger partial charge in [0.15, 0.2) is 0 Å². The van der Waals surface area contributed by atoms with Crippen LogP contribution in [0.25, 0.3) is 22.5 Å². The van der Waals surface area contributed by atoms with Crippen molar-refractivity contribution in [2.45, 2.75) is 10.1 Å². The van der Waals surface area contributed by atoms with Crippen LogP contribution in [0.4, 0.5) is 5.69 Å². The Balaban J connectivity index is 2.24. The highest BCUT2D eigenvalue weighted by Crippen LogP contribution is 2.32. The first-order valence-corrected chi connectivity index (χ1v) is 7.39. The topological polar surface area (TPSA) is 105 Å². The largest absolute Gasteiger partial charge is 0.338 e. The van der Waals surface area contributed by atoms with Crippen LogP contribution in [0.15, 0.2) is 52.5 Å². The van der Waals surface area contributed by atoms with E-state index in [1.165, 1.54) is 21.5 Å². The van der Waals surface area contributed by atoms with Gasteiger partial charge in [-0.15, -0.1) is 25.3 Å². The molecule has 118 valence electrons. The number of rotatable bonds is 3. The third kappa shape index (κ3) is 2.64. The monoisotopic (exact) mass is 347 g/mol. The summed E-state index contributed by atoms with van der Waals surface area (Å²) in [5.74, 6) is 11.8. The van der Waals surface area contributed by atoms with Crippen LogP contribution >= 0.6 is 25.3 Å². The number of nitrogens with zero attached hydrogens (tertiary/aromatic N) is 3. The minimum atomic E-state index is -0.455. The van der Waals surface area contributed by atoms with E-state index in [1.54, 1.807) is 30.3 Å². The fourth-order valence-corrected chi connectivity index (χ4v) is 2.72. The third-order valence-electron chi connectivity index (χ3n) is 3.51. The molecule has 4 N–H and O–H groups in total. The van der Waals surface area contributed by atoms with Crippen LogP contribution in [-0.2, 0) is 0 Å². The number of benzene rings is 1. The Morgan fingerprint density at radius 1 is 0.870 bits per heavy atom. The van der Waals surface area contributed by atoms with E-state index in [9.17, 15) is 10.1 Å². The minimum Gasteiger partial charge on any atom is -0.338 e. The van der Waals surface area contributed by atoms with Crippen molar-refractivity contribution < 1.29 is 4.92 Å². The first-order valence-electron chi connectivity index (χ1n) is 6.50. The first-order chi connectivity index (χ1) is 10.9. The van der Waals surface area contributed by atoms with Crippen LogP contribution in [0.3, 0.4) is 0 Å². The minimum absolute atomic E-state index is 0.0543. The van der Waals surface area contributed by atoms with E-state index in [0.29, 0.717) is 32.6 Å². The Bertz CT molecular complexity index is 852. The molecule has 9 heteroatoms. The van der Waals surface area contributed by atoms with Gasteiger partial charge in [-0.3, -0.25) is 19.5 Å². The Labute approximate surface area is 142 Å². The summed E-state index contributed by atoms with van der Waals surface area (Å²) < 4.78 is 2.72. The van der Waals surface area contributed by atoms with E-state index in [0.717, 1.165) is 0 Å². The predicted octanol–water partition coefficient (Wildman–Crippen LogP) is 2.54. The molecule has 0 spiro atoms. The molecule has 0 saturated carbocycles. The van der Waals surface area contributed by atoms with Gasteiger partial charge in [0, 0.05) is 23.3 Å². The summed E-state index contributed by atoms with van der Waals surface area (Å²) in [4.78, 5) is 10.8. The van der Waals surface area contributed by atoms with Crippen molar-refractivity contribution in [1.29, 1.82) is 0 Å². The lowest BCUT2D eigenvalue weighted by Crippen LogP contribution is -2.11. The fraction of sp³-hybridized carbons (Fsp3) is 0. The fourth-order valence-electron chi connectivity index (χ4n) is 2.36. The van der Waals surface area contributed by atoms with Gasteiger partial charge in [-0.2, -0.15) is 0 Å². The summed E-state index contributed by atoms with van der Waals surface area (Å²) in [6, 6.07) is 11.6. The van der Waals surface area contributed by atoms with Crippen molar-refractivity contribution in [3.63, 3.8) is 0 Å². The smallest absolute Gasteiger partial charge is 0.270 e. The second-order valence-corrected chi connectivity index (χ2v) is 5.84. The normalized spacial score (nSPS) is 10.9. The van der Waals surface area contributed by atoms with Gasteiger partial charge < -0.3 is 11.7 Å². The third-order valence-corrected chi connectivity index (χ3v) is 4.24. The molecule has 1 aromatic carbocycles. The number of aromatic nitrogens is 2. The maximum Gasteiger partial charge on any atom is 0.270 e. The van der Waals surface area contributed by atoms with Crippen LogP contribution in [0.5, 0.6) is 0 Å². The highest BCUT2D eigenvalue weighted by Gasteiger charge is 2.16. The molecule has 0 aliphatic heterocycles. The Hall–Kier alpha value is -2.52. The van der Waals surface area contributed by atoms with Crippen LogP contribution in [0.1, 0.15) is 0 Å². The van der Waals surface area contributed by atoms with Crippen LogP contribution < -0.4 is 11.7 Å². The first kappa shape index (κ1) is 15.4. The zero-order valence-electron chi connectivity index (χ0n) is 11.7. The molecule has 0 aliphatic rings. The average Bonchev–Trinajstić information content (AvgIpc) is 3.03. The number of nitro benzene ring substituents is 1. The zero-order valence-corrected chi connectivity index (χ0v) is 13.5. The Kier molecular flexibility index (Phi) is 3.74. The zero-order chi connectivity index (χ0) is 16.7. The van der Waals surface area contributed by atoms with Gasteiger partial charge in [-0.25, -0.2) is 0 Å². The van der Waals surface area contributed by atoms with E-state index in [1.807, 2.05) is 0 Å². The molecule has 0 aliphatic carbocycles. The highest BCUT2D eigenvalue weighted by atomic mass is 32.1. The van der Waals surface area contributed by atoms with Gasteiger partial charge in [0.2, 0.25) is 0 Å². The van der Waals surface area contributed by atoms with E-state index in [-0.39, 0.29) is 5.69 Å². The summed E-state index contributed by atoms with van der Waals surface area (Å²) >= 11 is 8.44. The highest BCUT2D eigenvalue weighted by molar-refractivity contribution is 7.80. The standard InChI is InChI=1S/C14H13N5O2S2/c15-17-11(1-3-13(17)22)8-5-9(7-10(6-8)19(20)21)12-2-4-14(23)18(12)16/h1-7,22-23H,15-16H2. The molecule has 0 saturated heterocycles.